The molecule has 1 saturated heterocycles. The number of anilines is 1. The molecule has 1 amide bonds. The largest absolute Gasteiger partial charge is 0.487 e. The van der Waals surface area contributed by atoms with Crippen LogP contribution in [-0.2, 0) is 32.5 Å². The summed E-state index contributed by atoms with van der Waals surface area (Å²) in [5, 5.41) is 0.720. The van der Waals surface area contributed by atoms with E-state index in [0.717, 1.165) is 74.3 Å². The molecule has 10 heteroatoms. The third-order valence-corrected chi connectivity index (χ3v) is 10.5. The maximum Gasteiger partial charge on any atom is 0.264 e. The van der Waals surface area contributed by atoms with Crippen LogP contribution >= 0.6 is 11.6 Å². The third-order valence-electron chi connectivity index (χ3n) is 9.10. The molecule has 0 spiro atoms. The molecule has 5 atom stereocenters. The Morgan fingerprint density at radius 2 is 1.93 bits per heavy atom. The normalized spacial score (nSPS) is 30.3. The minimum absolute atomic E-state index is 0.0410. The molecule has 6 rings (SSSR count). The number of fused-ring (bicyclic) bond motifs is 6. The van der Waals surface area contributed by atoms with Crippen LogP contribution in [0.3, 0.4) is 0 Å². The highest BCUT2D eigenvalue weighted by Crippen LogP contribution is 2.44. The lowest BCUT2D eigenvalue weighted by atomic mass is 9.68. The summed E-state index contributed by atoms with van der Waals surface area (Å²) in [4.78, 5) is 15.5. The molecule has 0 radical (unpaired) electrons. The highest BCUT2D eigenvalue weighted by molar-refractivity contribution is 7.90. The molecule has 4 bridgehead atoms. The number of hydrogen-bond acceptors (Lipinski definition) is 7. The van der Waals surface area contributed by atoms with Gasteiger partial charge in [-0.1, -0.05) is 17.7 Å². The maximum absolute atomic E-state index is 13.2. The second-order valence-electron chi connectivity index (χ2n) is 12.0. The van der Waals surface area contributed by atoms with Gasteiger partial charge in [-0.05, 0) is 98.7 Å². The predicted octanol–water partition coefficient (Wildman–Crippen LogP) is 5.11. The molecular weight excluding hydrogens is 564 g/mol. The number of nitrogens with one attached hydrogen (secondary N) is 1. The third kappa shape index (κ3) is 6.69. The lowest BCUT2D eigenvalue weighted by Gasteiger charge is -2.47. The molecule has 2 aromatic rings. The van der Waals surface area contributed by atoms with E-state index in [1.54, 1.807) is 18.2 Å². The SMILES string of the molecule is C[C@H]1C[C@@H]2C[C@@H](O1)[C@@H]1CC[C@H]1CN1CCCCc3cc(Cl)ccc3COc3ccc(cc31)C(=O)NS(=O)(=O)CCO2. The molecule has 1 aliphatic carbocycles. The van der Waals surface area contributed by atoms with E-state index >= 15 is 0 Å². The van der Waals surface area contributed by atoms with Crippen molar-refractivity contribution in [3.05, 3.63) is 58.1 Å². The lowest BCUT2D eigenvalue weighted by molar-refractivity contribution is -0.146. The molecule has 2 aromatic carbocycles. The average Bonchev–Trinajstić information content (AvgIpc) is 2.93. The minimum Gasteiger partial charge on any atom is -0.487 e. The summed E-state index contributed by atoms with van der Waals surface area (Å²) >= 11 is 6.32. The highest BCUT2D eigenvalue weighted by atomic mass is 35.5. The van der Waals surface area contributed by atoms with Crippen molar-refractivity contribution in [2.75, 3.05) is 30.3 Å². The number of aryl methyl sites for hydroxylation is 1. The number of carbonyl (C=O) groups is 1. The second-order valence-corrected chi connectivity index (χ2v) is 14.3. The van der Waals surface area contributed by atoms with E-state index in [1.807, 2.05) is 18.2 Å². The van der Waals surface area contributed by atoms with E-state index in [9.17, 15) is 13.2 Å². The molecule has 4 aliphatic rings. The second kappa shape index (κ2) is 12.1. The van der Waals surface area contributed by atoms with Gasteiger partial charge in [0.2, 0.25) is 10.0 Å². The summed E-state index contributed by atoms with van der Waals surface area (Å²) in [6.45, 7) is 4.11. The topological polar surface area (TPSA) is 94.2 Å². The number of benzene rings is 2. The zero-order valence-corrected chi connectivity index (χ0v) is 25.1. The fourth-order valence-corrected chi connectivity index (χ4v) is 7.81. The smallest absolute Gasteiger partial charge is 0.264 e. The Bertz CT molecular complexity index is 1380. The summed E-state index contributed by atoms with van der Waals surface area (Å²) in [7, 11) is -3.87. The summed E-state index contributed by atoms with van der Waals surface area (Å²) in [6, 6.07) is 11.1. The standard InChI is InChI=1S/C31H39ClN2O6S/c1-20-14-26-17-30(40-20)27-9-6-23(27)18-34-11-3-2-4-21-15-25(32)8-5-24(21)19-39-29-10-7-22(16-28(29)34)31(35)33-41(36,37)13-12-38-26/h5,7-8,10,15-16,20,23,26-27,30H,2-4,6,9,11-14,17-19H2,1H3,(H,33,35)/t20-,23-,26+,27+,30+/m0/s1. The number of rotatable bonds is 0. The van der Waals surface area contributed by atoms with Crippen LogP contribution in [0.5, 0.6) is 5.75 Å². The van der Waals surface area contributed by atoms with Gasteiger partial charge in [0.05, 0.1) is 36.4 Å². The molecule has 1 saturated carbocycles. The van der Waals surface area contributed by atoms with Gasteiger partial charge in [-0.15, -0.1) is 0 Å². The van der Waals surface area contributed by atoms with E-state index in [-0.39, 0.29) is 36.2 Å². The van der Waals surface area contributed by atoms with Gasteiger partial charge in [-0.2, -0.15) is 0 Å². The average molecular weight is 603 g/mol. The van der Waals surface area contributed by atoms with Gasteiger partial charge in [0.1, 0.15) is 12.4 Å². The first-order chi connectivity index (χ1) is 19.7. The van der Waals surface area contributed by atoms with Gasteiger partial charge >= 0.3 is 0 Å². The molecule has 2 fully saturated rings. The van der Waals surface area contributed by atoms with E-state index in [1.165, 1.54) is 5.56 Å². The molecular formula is C31H39ClN2O6S. The van der Waals surface area contributed by atoms with E-state index < -0.39 is 15.9 Å². The number of carbonyl (C=O) groups excluding carboxylic acids is 1. The fourth-order valence-electron chi connectivity index (χ4n) is 6.80. The Balaban J connectivity index is 1.36. The van der Waals surface area contributed by atoms with Crippen molar-refractivity contribution in [2.45, 2.75) is 76.8 Å². The Kier molecular flexibility index (Phi) is 8.50. The lowest BCUT2D eigenvalue weighted by Crippen LogP contribution is -2.49. The predicted molar refractivity (Wildman–Crippen MR) is 158 cm³/mol. The van der Waals surface area contributed by atoms with Crippen LogP contribution in [0.2, 0.25) is 5.02 Å². The molecule has 3 aliphatic heterocycles. The summed E-state index contributed by atoms with van der Waals surface area (Å²) < 4.78 is 46.7. The molecule has 0 unspecified atom stereocenters. The van der Waals surface area contributed by atoms with Crippen molar-refractivity contribution in [1.82, 2.24) is 4.72 Å². The van der Waals surface area contributed by atoms with Crippen LogP contribution in [-0.4, -0.2) is 58.1 Å². The first-order valence-corrected chi connectivity index (χ1v) is 16.9. The minimum atomic E-state index is -3.87. The maximum atomic E-state index is 13.2. The van der Waals surface area contributed by atoms with Crippen LogP contribution in [0.4, 0.5) is 5.69 Å². The van der Waals surface area contributed by atoms with Crippen molar-refractivity contribution >= 4 is 33.2 Å². The number of ether oxygens (including phenoxy) is 3. The van der Waals surface area contributed by atoms with Crippen molar-refractivity contribution in [1.29, 1.82) is 0 Å². The van der Waals surface area contributed by atoms with Gasteiger partial charge < -0.3 is 19.1 Å². The summed E-state index contributed by atoms with van der Waals surface area (Å²) in [5.41, 5.74) is 3.40. The zero-order chi connectivity index (χ0) is 28.6. The molecule has 41 heavy (non-hydrogen) atoms. The number of nitrogens with zero attached hydrogens (tertiary/aromatic N) is 1. The monoisotopic (exact) mass is 602 g/mol. The first-order valence-electron chi connectivity index (χ1n) is 14.8. The van der Waals surface area contributed by atoms with Crippen LogP contribution in [0.15, 0.2) is 36.4 Å². The first kappa shape index (κ1) is 28.8. The van der Waals surface area contributed by atoms with Gasteiger partial charge in [-0.25, -0.2) is 13.1 Å². The Morgan fingerprint density at radius 1 is 1.05 bits per heavy atom. The van der Waals surface area contributed by atoms with Crippen molar-refractivity contribution in [3.63, 3.8) is 0 Å². The fraction of sp³-hybridized carbons (Fsp3) is 0.581. The van der Waals surface area contributed by atoms with Crippen molar-refractivity contribution in [2.24, 2.45) is 11.8 Å². The van der Waals surface area contributed by atoms with Crippen LogP contribution < -0.4 is 14.4 Å². The van der Waals surface area contributed by atoms with Gasteiger partial charge in [0.25, 0.3) is 5.91 Å². The molecule has 1 N–H and O–H groups in total. The van der Waals surface area contributed by atoms with E-state index in [2.05, 4.69) is 16.5 Å². The zero-order valence-electron chi connectivity index (χ0n) is 23.5. The van der Waals surface area contributed by atoms with Gasteiger partial charge in [0.15, 0.2) is 0 Å². The highest BCUT2D eigenvalue weighted by Gasteiger charge is 2.42. The molecule has 8 nitrogen and oxygen atoms in total. The molecule has 0 aromatic heterocycles. The van der Waals surface area contributed by atoms with Crippen LogP contribution in [0.1, 0.15) is 66.9 Å². The summed E-state index contributed by atoms with van der Waals surface area (Å²) in [6.07, 6.45) is 6.71. The van der Waals surface area contributed by atoms with Gasteiger partial charge in [-0.3, -0.25) is 4.79 Å². The van der Waals surface area contributed by atoms with E-state index in [4.69, 9.17) is 25.8 Å². The Hall–Kier alpha value is -2.33. The number of halogens is 1. The Morgan fingerprint density at radius 3 is 2.76 bits per heavy atom. The molecule has 3 heterocycles. The van der Waals surface area contributed by atoms with Gasteiger partial charge in [0, 0.05) is 30.1 Å². The number of sulfonamides is 1. The van der Waals surface area contributed by atoms with Crippen molar-refractivity contribution < 1.29 is 27.4 Å². The van der Waals surface area contributed by atoms with Crippen molar-refractivity contribution in [3.8, 4) is 5.75 Å². The van der Waals surface area contributed by atoms with Crippen LogP contribution in [0.25, 0.3) is 0 Å². The number of amides is 1. The van der Waals surface area contributed by atoms with E-state index in [0.29, 0.717) is 24.2 Å². The summed E-state index contributed by atoms with van der Waals surface area (Å²) in [5.74, 6) is 0.632. The molecule has 222 valence electrons. The Labute approximate surface area is 247 Å². The van der Waals surface area contributed by atoms with Crippen LogP contribution in [0, 0.1) is 11.8 Å². The quantitative estimate of drug-likeness (QED) is 0.448. The number of hydrogen-bond donors (Lipinski definition) is 1.